The Morgan fingerprint density at radius 2 is 1.69 bits per heavy atom. The van der Waals surface area contributed by atoms with Crippen molar-refractivity contribution in [2.75, 3.05) is 0 Å². The van der Waals surface area contributed by atoms with E-state index in [2.05, 4.69) is 13.8 Å². The molecule has 1 N–H and O–H groups in total. The lowest BCUT2D eigenvalue weighted by molar-refractivity contribution is -0.140. The minimum atomic E-state index is -0.711. The van der Waals surface area contributed by atoms with Gasteiger partial charge in [-0.2, -0.15) is 0 Å². The molecule has 0 heterocycles. The molecule has 0 spiro atoms. The second-order valence-electron chi connectivity index (χ2n) is 4.30. The molecule has 1 aromatic rings. The summed E-state index contributed by atoms with van der Waals surface area (Å²) >= 11 is 0. The molecule has 0 amide bonds. The van der Waals surface area contributed by atoms with Crippen LogP contribution in [-0.4, -0.2) is 11.1 Å². The number of carboxylic acid groups (broad SMARTS) is 1. The molecule has 1 rings (SSSR count). The zero-order valence-electron chi connectivity index (χ0n) is 10.2. The quantitative estimate of drug-likeness (QED) is 0.823. The zero-order chi connectivity index (χ0) is 12.1. The molecule has 0 fully saturated rings. The van der Waals surface area contributed by atoms with Crippen LogP contribution in [0.25, 0.3) is 0 Å². The summed E-state index contributed by atoms with van der Waals surface area (Å²) in [4.78, 5) is 11.3. The van der Waals surface area contributed by atoms with Crippen LogP contribution >= 0.6 is 0 Å². The Labute approximate surface area is 97.3 Å². The summed E-state index contributed by atoms with van der Waals surface area (Å²) in [5.41, 5.74) is 2.09. The summed E-state index contributed by atoms with van der Waals surface area (Å²) in [7, 11) is 0. The first-order chi connectivity index (χ1) is 7.60. The van der Waals surface area contributed by atoms with Crippen molar-refractivity contribution >= 4 is 5.97 Å². The first-order valence-electron chi connectivity index (χ1n) is 5.89. The fourth-order valence-corrected chi connectivity index (χ4v) is 2.15. The third-order valence-corrected chi connectivity index (χ3v) is 3.22. The van der Waals surface area contributed by atoms with E-state index in [0.717, 1.165) is 24.0 Å². The molecule has 0 aliphatic heterocycles. The normalized spacial score (nSPS) is 12.8. The van der Waals surface area contributed by atoms with E-state index in [4.69, 9.17) is 0 Å². The Kier molecular flexibility index (Phi) is 4.53. The smallest absolute Gasteiger partial charge is 0.311 e. The van der Waals surface area contributed by atoms with Crippen LogP contribution in [-0.2, 0) is 4.79 Å². The van der Waals surface area contributed by atoms with Crippen LogP contribution < -0.4 is 0 Å². The van der Waals surface area contributed by atoms with E-state index in [9.17, 15) is 9.90 Å². The fraction of sp³-hybridized carbons (Fsp3) is 0.500. The lowest BCUT2D eigenvalue weighted by atomic mass is 9.82. The molecule has 1 atom stereocenters. The van der Waals surface area contributed by atoms with E-state index < -0.39 is 5.97 Å². The van der Waals surface area contributed by atoms with Crippen LogP contribution in [0, 0.1) is 12.8 Å². The number of rotatable bonds is 5. The fourth-order valence-electron chi connectivity index (χ4n) is 2.15. The summed E-state index contributed by atoms with van der Waals surface area (Å²) in [5, 5.41) is 9.33. The average Bonchev–Trinajstić information content (AvgIpc) is 2.27. The van der Waals surface area contributed by atoms with E-state index in [0.29, 0.717) is 0 Å². The van der Waals surface area contributed by atoms with Crippen molar-refractivity contribution in [3.05, 3.63) is 35.4 Å². The molecule has 0 aliphatic rings. The van der Waals surface area contributed by atoms with Gasteiger partial charge in [-0.15, -0.1) is 0 Å². The van der Waals surface area contributed by atoms with Gasteiger partial charge in [-0.25, -0.2) is 0 Å². The summed E-state index contributed by atoms with van der Waals surface area (Å²) in [5.74, 6) is -0.853. The van der Waals surface area contributed by atoms with Gasteiger partial charge in [0.15, 0.2) is 0 Å². The lowest BCUT2D eigenvalue weighted by Gasteiger charge is -2.21. The minimum Gasteiger partial charge on any atom is -0.481 e. The van der Waals surface area contributed by atoms with Gasteiger partial charge in [-0.05, 0) is 18.4 Å². The van der Waals surface area contributed by atoms with E-state index in [-0.39, 0.29) is 11.8 Å². The third kappa shape index (κ3) is 2.84. The molecule has 2 heteroatoms. The van der Waals surface area contributed by atoms with Crippen molar-refractivity contribution in [3.63, 3.8) is 0 Å². The van der Waals surface area contributed by atoms with Crippen LogP contribution in [0.4, 0.5) is 0 Å². The Hall–Kier alpha value is -1.31. The van der Waals surface area contributed by atoms with Crippen LogP contribution in [0.1, 0.15) is 43.7 Å². The largest absolute Gasteiger partial charge is 0.481 e. The van der Waals surface area contributed by atoms with Gasteiger partial charge in [0.1, 0.15) is 0 Å². The SMILES string of the molecule is CCC(CC)C(C(=O)O)c1ccc(C)cc1. The minimum absolute atomic E-state index is 0.222. The van der Waals surface area contributed by atoms with Gasteiger partial charge < -0.3 is 5.11 Å². The monoisotopic (exact) mass is 220 g/mol. The molecule has 0 bridgehead atoms. The van der Waals surface area contributed by atoms with E-state index in [1.807, 2.05) is 31.2 Å². The van der Waals surface area contributed by atoms with Crippen molar-refractivity contribution in [2.24, 2.45) is 5.92 Å². The summed E-state index contributed by atoms with van der Waals surface area (Å²) in [6.07, 6.45) is 1.81. The van der Waals surface area contributed by atoms with Gasteiger partial charge in [-0.1, -0.05) is 56.5 Å². The second-order valence-corrected chi connectivity index (χ2v) is 4.30. The number of hydrogen-bond acceptors (Lipinski definition) is 1. The first-order valence-corrected chi connectivity index (χ1v) is 5.89. The van der Waals surface area contributed by atoms with E-state index >= 15 is 0 Å². The second kappa shape index (κ2) is 5.69. The van der Waals surface area contributed by atoms with Gasteiger partial charge in [0, 0.05) is 0 Å². The topological polar surface area (TPSA) is 37.3 Å². The Morgan fingerprint density at radius 1 is 1.19 bits per heavy atom. The number of aryl methyl sites for hydroxylation is 1. The third-order valence-electron chi connectivity index (χ3n) is 3.22. The van der Waals surface area contributed by atoms with Crippen molar-refractivity contribution in [3.8, 4) is 0 Å². The van der Waals surface area contributed by atoms with Crippen molar-refractivity contribution in [1.29, 1.82) is 0 Å². The van der Waals surface area contributed by atoms with Crippen molar-refractivity contribution in [2.45, 2.75) is 39.5 Å². The molecule has 16 heavy (non-hydrogen) atoms. The molecule has 1 aromatic carbocycles. The molecule has 0 aromatic heterocycles. The lowest BCUT2D eigenvalue weighted by Crippen LogP contribution is -2.20. The molecular weight excluding hydrogens is 200 g/mol. The number of benzene rings is 1. The van der Waals surface area contributed by atoms with Gasteiger partial charge in [-0.3, -0.25) is 4.79 Å². The molecule has 1 unspecified atom stereocenters. The standard InChI is InChI=1S/C14H20O2/c1-4-11(5-2)13(14(15)16)12-8-6-10(3)7-9-12/h6-9,11,13H,4-5H2,1-3H3,(H,15,16). The van der Waals surface area contributed by atoms with Gasteiger partial charge in [0.2, 0.25) is 0 Å². The van der Waals surface area contributed by atoms with Crippen LogP contribution in [0.15, 0.2) is 24.3 Å². The van der Waals surface area contributed by atoms with Gasteiger partial charge in [0.25, 0.3) is 0 Å². The highest BCUT2D eigenvalue weighted by molar-refractivity contribution is 5.76. The van der Waals surface area contributed by atoms with Crippen LogP contribution in [0.2, 0.25) is 0 Å². The van der Waals surface area contributed by atoms with Gasteiger partial charge in [0.05, 0.1) is 5.92 Å². The molecule has 0 saturated heterocycles. The molecule has 2 nitrogen and oxygen atoms in total. The maximum atomic E-state index is 11.3. The van der Waals surface area contributed by atoms with Crippen LogP contribution in [0.3, 0.4) is 0 Å². The van der Waals surface area contributed by atoms with E-state index in [1.54, 1.807) is 0 Å². The molecule has 88 valence electrons. The van der Waals surface area contributed by atoms with Gasteiger partial charge >= 0.3 is 5.97 Å². The maximum absolute atomic E-state index is 11.3. The predicted octanol–water partition coefficient (Wildman–Crippen LogP) is 3.60. The molecule has 0 saturated carbocycles. The number of aliphatic carboxylic acids is 1. The van der Waals surface area contributed by atoms with Crippen molar-refractivity contribution < 1.29 is 9.90 Å². The van der Waals surface area contributed by atoms with Crippen molar-refractivity contribution in [1.82, 2.24) is 0 Å². The number of hydrogen-bond donors (Lipinski definition) is 1. The maximum Gasteiger partial charge on any atom is 0.311 e. The first kappa shape index (κ1) is 12.8. The Bertz CT molecular complexity index is 336. The highest BCUT2D eigenvalue weighted by atomic mass is 16.4. The summed E-state index contributed by atoms with van der Waals surface area (Å²) in [6.45, 7) is 6.12. The molecule has 0 radical (unpaired) electrons. The Balaban J connectivity index is 3.02. The summed E-state index contributed by atoms with van der Waals surface area (Å²) in [6, 6.07) is 7.83. The summed E-state index contributed by atoms with van der Waals surface area (Å²) < 4.78 is 0. The predicted molar refractivity (Wildman–Crippen MR) is 65.6 cm³/mol. The average molecular weight is 220 g/mol. The molecule has 0 aliphatic carbocycles. The molecular formula is C14H20O2. The highest BCUT2D eigenvalue weighted by Gasteiger charge is 2.26. The van der Waals surface area contributed by atoms with Crippen LogP contribution in [0.5, 0.6) is 0 Å². The Morgan fingerprint density at radius 3 is 2.06 bits per heavy atom. The van der Waals surface area contributed by atoms with E-state index in [1.165, 1.54) is 0 Å². The number of carboxylic acids is 1. The zero-order valence-corrected chi connectivity index (χ0v) is 10.2. The number of carbonyl (C=O) groups is 1. The highest BCUT2D eigenvalue weighted by Crippen LogP contribution is 2.30.